The van der Waals surface area contributed by atoms with Crippen LogP contribution in [0.2, 0.25) is 0 Å². The molecule has 0 fully saturated rings. The summed E-state index contributed by atoms with van der Waals surface area (Å²) >= 11 is 0. The topological polar surface area (TPSA) is 81.2 Å². The van der Waals surface area contributed by atoms with Gasteiger partial charge >= 0.3 is 0 Å². The van der Waals surface area contributed by atoms with Crippen molar-refractivity contribution in [3.8, 4) is 0 Å². The second-order valence-corrected chi connectivity index (χ2v) is 5.13. The highest BCUT2D eigenvalue weighted by atomic mass is 35.5. The molecule has 5 nitrogen and oxygen atoms in total. The predicted molar refractivity (Wildman–Crippen MR) is 82.5 cm³/mol. The van der Waals surface area contributed by atoms with E-state index in [-0.39, 0.29) is 24.4 Å². The summed E-state index contributed by atoms with van der Waals surface area (Å²) in [5.74, 6) is 0.349. The lowest BCUT2D eigenvalue weighted by molar-refractivity contribution is 0.0927. The highest BCUT2D eigenvalue weighted by Crippen LogP contribution is 2.31. The van der Waals surface area contributed by atoms with E-state index in [1.165, 1.54) is 12.0 Å². The molecular formula is C15H18ClN3O2. The number of amides is 1. The Morgan fingerprint density at radius 1 is 1.48 bits per heavy atom. The Balaban J connectivity index is 0.00000161. The molecule has 1 aromatic heterocycles. The van der Waals surface area contributed by atoms with Crippen LogP contribution in [0.1, 0.15) is 46.3 Å². The maximum atomic E-state index is 12.2. The zero-order valence-corrected chi connectivity index (χ0v) is 12.6. The van der Waals surface area contributed by atoms with E-state index >= 15 is 0 Å². The van der Waals surface area contributed by atoms with Crippen molar-refractivity contribution in [1.29, 1.82) is 0 Å². The van der Waals surface area contributed by atoms with Gasteiger partial charge in [0.15, 0.2) is 12.1 Å². The molecule has 2 aromatic rings. The van der Waals surface area contributed by atoms with Crippen LogP contribution in [0.25, 0.3) is 0 Å². The molecule has 0 spiro atoms. The van der Waals surface area contributed by atoms with Gasteiger partial charge in [0.1, 0.15) is 5.76 Å². The number of aromatic nitrogens is 1. The first-order valence-electron chi connectivity index (χ1n) is 6.74. The van der Waals surface area contributed by atoms with Crippen molar-refractivity contribution < 1.29 is 9.21 Å². The predicted octanol–water partition coefficient (Wildman–Crippen LogP) is 2.79. The Morgan fingerprint density at radius 2 is 2.29 bits per heavy atom. The zero-order chi connectivity index (χ0) is 14.1. The van der Waals surface area contributed by atoms with Gasteiger partial charge in [-0.15, -0.1) is 12.4 Å². The number of rotatable bonds is 2. The minimum absolute atomic E-state index is 0. The number of hydrogen-bond donors (Lipinski definition) is 2. The lowest BCUT2D eigenvalue weighted by Gasteiger charge is -2.26. The van der Waals surface area contributed by atoms with Crippen LogP contribution >= 0.6 is 12.4 Å². The van der Waals surface area contributed by atoms with Gasteiger partial charge in [0.25, 0.3) is 5.91 Å². The number of carbonyl (C=O) groups excluding carboxylic acids is 1. The number of nitrogens with one attached hydrogen (secondary N) is 1. The highest BCUT2D eigenvalue weighted by Gasteiger charge is 2.24. The summed E-state index contributed by atoms with van der Waals surface area (Å²) < 4.78 is 5.07. The minimum Gasteiger partial charge on any atom is -0.448 e. The number of nitrogens with zero attached hydrogens (tertiary/aromatic N) is 1. The molecule has 6 heteroatoms. The van der Waals surface area contributed by atoms with Crippen molar-refractivity contribution in [2.75, 3.05) is 5.73 Å². The molecule has 0 radical (unpaired) electrons. The maximum absolute atomic E-state index is 12.2. The number of hydrogen-bond acceptors (Lipinski definition) is 4. The lowest BCUT2D eigenvalue weighted by atomic mass is 9.87. The summed E-state index contributed by atoms with van der Waals surface area (Å²) in [5, 5.41) is 3.04. The van der Waals surface area contributed by atoms with E-state index < -0.39 is 0 Å². The van der Waals surface area contributed by atoms with E-state index in [4.69, 9.17) is 10.2 Å². The fourth-order valence-electron chi connectivity index (χ4n) is 2.73. The molecule has 1 atom stereocenters. The van der Waals surface area contributed by atoms with Crippen LogP contribution in [0.15, 0.2) is 29.0 Å². The van der Waals surface area contributed by atoms with E-state index in [1.54, 1.807) is 6.92 Å². The van der Waals surface area contributed by atoms with Crippen molar-refractivity contribution in [2.45, 2.75) is 32.2 Å². The number of fused-ring (bicyclic) bond motifs is 1. The van der Waals surface area contributed by atoms with Crippen molar-refractivity contribution >= 4 is 24.0 Å². The Bertz CT molecular complexity index is 654. The molecule has 112 valence electrons. The molecule has 21 heavy (non-hydrogen) atoms. The van der Waals surface area contributed by atoms with Crippen molar-refractivity contribution in [1.82, 2.24) is 10.3 Å². The molecule has 3 rings (SSSR count). The third-order valence-electron chi connectivity index (χ3n) is 3.75. The molecule has 1 unspecified atom stereocenters. The van der Waals surface area contributed by atoms with Crippen LogP contribution in [0, 0.1) is 6.92 Å². The normalized spacial score (nSPS) is 16.7. The van der Waals surface area contributed by atoms with Gasteiger partial charge < -0.3 is 15.5 Å². The number of oxazole rings is 1. The molecule has 3 N–H and O–H groups in total. The van der Waals surface area contributed by atoms with Crippen LogP contribution in [0.5, 0.6) is 0 Å². The lowest BCUT2D eigenvalue weighted by Crippen LogP contribution is -2.31. The maximum Gasteiger partial charge on any atom is 0.274 e. The van der Waals surface area contributed by atoms with Gasteiger partial charge in [-0.05, 0) is 49.4 Å². The summed E-state index contributed by atoms with van der Waals surface area (Å²) in [5.41, 5.74) is 9.31. The third kappa shape index (κ3) is 3.03. The van der Waals surface area contributed by atoms with Crippen molar-refractivity contribution in [2.24, 2.45) is 0 Å². The Hall–Kier alpha value is -2.01. The van der Waals surface area contributed by atoms with Crippen LogP contribution in [0.4, 0.5) is 5.69 Å². The molecule has 0 saturated carbocycles. The second-order valence-electron chi connectivity index (χ2n) is 5.13. The molecule has 1 heterocycles. The molecule has 1 aromatic carbocycles. The number of benzene rings is 1. The zero-order valence-electron chi connectivity index (χ0n) is 11.8. The molecule has 0 bridgehead atoms. The van der Waals surface area contributed by atoms with Crippen molar-refractivity contribution in [3.05, 3.63) is 47.2 Å². The van der Waals surface area contributed by atoms with E-state index in [0.717, 1.165) is 30.5 Å². The average Bonchev–Trinajstić information content (AvgIpc) is 2.85. The molecule has 1 aliphatic rings. The van der Waals surface area contributed by atoms with E-state index in [2.05, 4.69) is 10.3 Å². The summed E-state index contributed by atoms with van der Waals surface area (Å²) in [4.78, 5) is 16.2. The SMILES string of the molecule is Cc1ocnc1C(=O)NC1CCCc2cc(N)ccc21.Cl. The first kappa shape index (κ1) is 15.4. The van der Waals surface area contributed by atoms with Gasteiger partial charge in [0.05, 0.1) is 6.04 Å². The molecule has 1 amide bonds. The highest BCUT2D eigenvalue weighted by molar-refractivity contribution is 5.93. The average molecular weight is 308 g/mol. The fourth-order valence-corrected chi connectivity index (χ4v) is 2.73. The Kier molecular flexibility index (Phi) is 4.53. The summed E-state index contributed by atoms with van der Waals surface area (Å²) in [6.45, 7) is 1.73. The molecular weight excluding hydrogens is 290 g/mol. The smallest absolute Gasteiger partial charge is 0.274 e. The number of nitrogen functional groups attached to an aromatic ring is 1. The number of nitrogens with two attached hydrogens (primary N) is 1. The van der Waals surface area contributed by atoms with Gasteiger partial charge in [0, 0.05) is 5.69 Å². The summed E-state index contributed by atoms with van der Waals surface area (Å²) in [6, 6.07) is 5.90. The molecule has 1 aliphatic carbocycles. The van der Waals surface area contributed by atoms with Gasteiger partial charge in [-0.2, -0.15) is 0 Å². The minimum atomic E-state index is -0.189. The quantitative estimate of drug-likeness (QED) is 0.836. The van der Waals surface area contributed by atoms with Gasteiger partial charge in [0.2, 0.25) is 0 Å². The largest absolute Gasteiger partial charge is 0.448 e. The van der Waals surface area contributed by atoms with E-state index in [0.29, 0.717) is 11.5 Å². The molecule has 0 saturated heterocycles. The number of aryl methyl sites for hydroxylation is 2. The molecule has 0 aliphatic heterocycles. The van der Waals surface area contributed by atoms with Crippen LogP contribution in [-0.4, -0.2) is 10.9 Å². The Morgan fingerprint density at radius 3 is 3.00 bits per heavy atom. The number of halogens is 1. The monoisotopic (exact) mass is 307 g/mol. The van der Waals surface area contributed by atoms with Gasteiger partial charge in [-0.1, -0.05) is 6.07 Å². The first-order valence-corrected chi connectivity index (χ1v) is 6.74. The van der Waals surface area contributed by atoms with Gasteiger partial charge in [-0.25, -0.2) is 4.98 Å². The van der Waals surface area contributed by atoms with Gasteiger partial charge in [-0.3, -0.25) is 4.79 Å². The standard InChI is InChI=1S/C15H17N3O2.ClH/c1-9-14(17-8-20-9)15(19)18-13-4-2-3-10-7-11(16)5-6-12(10)13;/h5-8,13H,2-4,16H2,1H3,(H,18,19);1H. The van der Waals surface area contributed by atoms with E-state index in [1.807, 2.05) is 18.2 Å². The number of anilines is 1. The van der Waals surface area contributed by atoms with Crippen LogP contribution in [0.3, 0.4) is 0 Å². The number of carbonyl (C=O) groups is 1. The Labute approximate surface area is 129 Å². The first-order chi connectivity index (χ1) is 9.65. The van der Waals surface area contributed by atoms with Crippen molar-refractivity contribution in [3.63, 3.8) is 0 Å². The summed E-state index contributed by atoms with van der Waals surface area (Å²) in [6.07, 6.45) is 4.27. The van der Waals surface area contributed by atoms with E-state index in [9.17, 15) is 4.79 Å². The van der Waals surface area contributed by atoms with Crippen LogP contribution < -0.4 is 11.1 Å². The third-order valence-corrected chi connectivity index (χ3v) is 3.75. The van der Waals surface area contributed by atoms with Crippen LogP contribution in [-0.2, 0) is 6.42 Å². The second kappa shape index (κ2) is 6.18. The fraction of sp³-hybridized carbons (Fsp3) is 0.333. The summed E-state index contributed by atoms with van der Waals surface area (Å²) in [7, 11) is 0.